The predicted molar refractivity (Wildman–Crippen MR) is 71.7 cm³/mol. The number of hydrogen-bond acceptors (Lipinski definition) is 3. The molecule has 0 aliphatic rings. The number of nitrogens with zero attached hydrogens (tertiary/aromatic N) is 1. The molecule has 0 radical (unpaired) electrons. The Bertz CT molecular complexity index is 277. The smallest absolute Gasteiger partial charge is 0.212 e. The topological polar surface area (TPSA) is 45.4 Å². The van der Waals surface area contributed by atoms with Crippen LogP contribution in [-0.2, 0) is 4.74 Å². The van der Waals surface area contributed by atoms with E-state index in [0.717, 1.165) is 5.56 Å². The van der Waals surface area contributed by atoms with Gasteiger partial charge < -0.3 is 9.73 Å². The van der Waals surface area contributed by atoms with Crippen molar-refractivity contribution in [3.63, 3.8) is 0 Å². The van der Waals surface area contributed by atoms with Crippen LogP contribution in [-0.4, -0.2) is 26.3 Å². The van der Waals surface area contributed by atoms with Crippen molar-refractivity contribution < 1.29 is 4.74 Å². The minimum atomic E-state index is 0.209. The second kappa shape index (κ2) is 13.4. The molecule has 0 saturated carbocycles. The third-order valence-electron chi connectivity index (χ3n) is 1.50. The Labute approximate surface area is 98.7 Å². The van der Waals surface area contributed by atoms with Crippen molar-refractivity contribution in [3.05, 3.63) is 35.9 Å². The minimum absolute atomic E-state index is 0.209. The molecule has 0 fully saturated rings. The summed E-state index contributed by atoms with van der Waals surface area (Å²) in [5.74, 6) is 0.209. The maximum Gasteiger partial charge on any atom is 0.212 e. The summed E-state index contributed by atoms with van der Waals surface area (Å²) >= 11 is 0. The average molecular weight is 222 g/mol. The van der Waals surface area contributed by atoms with Gasteiger partial charge in [-0.25, -0.2) is 0 Å². The maximum absolute atomic E-state index is 7.26. The van der Waals surface area contributed by atoms with Gasteiger partial charge in [0.05, 0.1) is 7.11 Å². The molecule has 1 aromatic carbocycles. The Morgan fingerprint density at radius 2 is 1.69 bits per heavy atom. The van der Waals surface area contributed by atoms with E-state index in [1.165, 1.54) is 7.11 Å². The molecule has 0 unspecified atom stereocenters. The average Bonchev–Trinajstić information content (AvgIpc) is 2.41. The minimum Gasteiger partial charge on any atom is -0.481 e. The zero-order valence-electron chi connectivity index (χ0n) is 10.8. The SMILES string of the molecule is CC.CC=NC.COC(=N)c1ccccc1. The number of rotatable bonds is 1. The molecule has 0 aromatic heterocycles. The molecular formula is C13H22N2O. The summed E-state index contributed by atoms with van der Waals surface area (Å²) in [4.78, 5) is 3.61. The zero-order chi connectivity index (χ0) is 12.8. The van der Waals surface area contributed by atoms with Crippen LogP contribution >= 0.6 is 0 Å². The Morgan fingerprint density at radius 3 is 2.00 bits per heavy atom. The van der Waals surface area contributed by atoms with Gasteiger partial charge in [0, 0.05) is 12.6 Å². The van der Waals surface area contributed by atoms with Gasteiger partial charge >= 0.3 is 0 Å². The van der Waals surface area contributed by atoms with Crippen LogP contribution < -0.4 is 0 Å². The largest absolute Gasteiger partial charge is 0.481 e. The van der Waals surface area contributed by atoms with E-state index in [-0.39, 0.29) is 5.90 Å². The lowest BCUT2D eigenvalue weighted by atomic mass is 10.2. The molecule has 0 bridgehead atoms. The number of aliphatic imine (C=N–C) groups is 1. The summed E-state index contributed by atoms with van der Waals surface area (Å²) in [5.41, 5.74) is 0.810. The third-order valence-corrected chi connectivity index (χ3v) is 1.50. The van der Waals surface area contributed by atoms with Crippen molar-refractivity contribution in [2.45, 2.75) is 20.8 Å². The third kappa shape index (κ3) is 8.94. The van der Waals surface area contributed by atoms with Crippen LogP contribution in [0.3, 0.4) is 0 Å². The van der Waals surface area contributed by atoms with Crippen LogP contribution in [0.2, 0.25) is 0 Å². The summed E-state index contributed by atoms with van der Waals surface area (Å²) in [6.45, 7) is 5.89. The van der Waals surface area contributed by atoms with Crippen LogP contribution in [0.15, 0.2) is 35.3 Å². The first-order chi connectivity index (χ1) is 7.76. The van der Waals surface area contributed by atoms with Gasteiger partial charge in [0.15, 0.2) is 0 Å². The molecule has 0 atom stereocenters. The molecule has 1 N–H and O–H groups in total. The van der Waals surface area contributed by atoms with E-state index in [1.807, 2.05) is 51.1 Å². The van der Waals surface area contributed by atoms with E-state index in [0.29, 0.717) is 0 Å². The van der Waals surface area contributed by atoms with Gasteiger partial charge in [-0.1, -0.05) is 32.0 Å². The first-order valence-electron chi connectivity index (χ1n) is 5.31. The molecule has 0 saturated heterocycles. The van der Waals surface area contributed by atoms with Crippen LogP contribution in [0.1, 0.15) is 26.3 Å². The second-order valence-electron chi connectivity index (χ2n) is 2.42. The highest BCUT2D eigenvalue weighted by Gasteiger charge is 1.95. The molecule has 90 valence electrons. The molecule has 0 heterocycles. The normalized spacial score (nSPS) is 8.31. The van der Waals surface area contributed by atoms with Gasteiger partial charge in [0.25, 0.3) is 0 Å². The van der Waals surface area contributed by atoms with Gasteiger partial charge in [-0.15, -0.1) is 0 Å². The molecule has 1 rings (SSSR count). The molecule has 1 aromatic rings. The Balaban J connectivity index is 0. The first-order valence-corrected chi connectivity index (χ1v) is 5.31. The van der Waals surface area contributed by atoms with Crippen molar-refractivity contribution >= 4 is 12.1 Å². The second-order valence-corrected chi connectivity index (χ2v) is 2.42. The Kier molecular flexibility index (Phi) is 14.0. The molecule has 3 nitrogen and oxygen atoms in total. The van der Waals surface area contributed by atoms with E-state index in [1.54, 1.807) is 13.3 Å². The van der Waals surface area contributed by atoms with E-state index in [9.17, 15) is 0 Å². The van der Waals surface area contributed by atoms with Crippen molar-refractivity contribution in [3.8, 4) is 0 Å². The van der Waals surface area contributed by atoms with Crippen molar-refractivity contribution in [2.75, 3.05) is 14.2 Å². The molecule has 0 amide bonds. The maximum atomic E-state index is 7.26. The standard InChI is InChI=1S/C8H9NO.C3H7N.C2H6/c1-10-8(9)7-5-3-2-4-6-7;1-3-4-2;1-2/h2-6,9H,1H3;3H,1-2H3;1-2H3. The molecule has 0 aliphatic heterocycles. The quantitative estimate of drug-likeness (QED) is 0.574. The Hall–Kier alpha value is -1.64. The number of ether oxygens (including phenoxy) is 1. The van der Waals surface area contributed by atoms with Gasteiger partial charge in [-0.2, -0.15) is 0 Å². The molecule has 0 spiro atoms. The van der Waals surface area contributed by atoms with Gasteiger partial charge in [0.2, 0.25) is 5.90 Å². The van der Waals surface area contributed by atoms with Crippen molar-refractivity contribution in [1.82, 2.24) is 0 Å². The van der Waals surface area contributed by atoms with Crippen LogP contribution in [0.4, 0.5) is 0 Å². The van der Waals surface area contributed by atoms with Crippen LogP contribution in [0, 0.1) is 5.41 Å². The molecular weight excluding hydrogens is 200 g/mol. The van der Waals surface area contributed by atoms with Gasteiger partial charge in [0.1, 0.15) is 0 Å². The number of benzene rings is 1. The fourth-order valence-corrected chi connectivity index (χ4v) is 0.707. The lowest BCUT2D eigenvalue weighted by molar-refractivity contribution is 0.401. The molecule has 16 heavy (non-hydrogen) atoms. The van der Waals surface area contributed by atoms with E-state index in [4.69, 9.17) is 10.1 Å². The van der Waals surface area contributed by atoms with Crippen LogP contribution in [0.25, 0.3) is 0 Å². The highest BCUT2D eigenvalue weighted by Crippen LogP contribution is 1.98. The van der Waals surface area contributed by atoms with E-state index < -0.39 is 0 Å². The summed E-state index contributed by atoms with van der Waals surface area (Å²) < 4.78 is 4.72. The summed E-state index contributed by atoms with van der Waals surface area (Å²) in [7, 11) is 3.25. The van der Waals surface area contributed by atoms with Crippen molar-refractivity contribution in [2.24, 2.45) is 4.99 Å². The number of nitrogens with one attached hydrogen (secondary N) is 1. The highest BCUT2D eigenvalue weighted by molar-refractivity contribution is 5.91. The highest BCUT2D eigenvalue weighted by atomic mass is 16.5. The lowest BCUT2D eigenvalue weighted by Crippen LogP contribution is -1.99. The van der Waals surface area contributed by atoms with Gasteiger partial charge in [-0.3, -0.25) is 5.41 Å². The van der Waals surface area contributed by atoms with Gasteiger partial charge in [-0.05, 0) is 25.3 Å². The van der Waals surface area contributed by atoms with E-state index >= 15 is 0 Å². The fraction of sp³-hybridized carbons (Fsp3) is 0.385. The molecule has 3 heteroatoms. The predicted octanol–water partition coefficient (Wildman–Crippen LogP) is 3.39. The first kappa shape index (κ1) is 16.8. The fourth-order valence-electron chi connectivity index (χ4n) is 0.707. The monoisotopic (exact) mass is 222 g/mol. The Morgan fingerprint density at radius 1 is 1.25 bits per heavy atom. The zero-order valence-corrected chi connectivity index (χ0v) is 10.8. The number of hydrogen-bond donors (Lipinski definition) is 1. The summed E-state index contributed by atoms with van der Waals surface area (Å²) in [6, 6.07) is 9.34. The van der Waals surface area contributed by atoms with E-state index in [2.05, 4.69) is 4.99 Å². The van der Waals surface area contributed by atoms with Crippen molar-refractivity contribution in [1.29, 1.82) is 5.41 Å². The van der Waals surface area contributed by atoms with Crippen LogP contribution in [0.5, 0.6) is 0 Å². The molecule has 0 aliphatic carbocycles. The summed E-state index contributed by atoms with van der Waals surface area (Å²) in [5, 5.41) is 7.26. The lowest BCUT2D eigenvalue weighted by Gasteiger charge is -1.99. The number of methoxy groups -OCH3 is 1. The summed E-state index contributed by atoms with van der Waals surface area (Å²) in [6.07, 6.45) is 1.75.